The van der Waals surface area contributed by atoms with Crippen LogP contribution in [-0.2, 0) is 99.5 Å². The minimum absolute atomic E-state index is 0.288. The Balaban J connectivity index is 6.89. The molecule has 0 spiro atoms. The summed E-state index contributed by atoms with van der Waals surface area (Å²) < 4.78 is 129. The Morgan fingerprint density at radius 3 is 0.529 bits per heavy atom. The third-order valence-electron chi connectivity index (χ3n) is 13.0. The molecule has 0 aromatic heterocycles. The van der Waals surface area contributed by atoms with Gasteiger partial charge in [-0.2, -0.15) is 0 Å². The van der Waals surface area contributed by atoms with Crippen molar-refractivity contribution in [2.24, 2.45) is 10.8 Å². The topological polar surface area (TPSA) is 194 Å². The van der Waals surface area contributed by atoms with Gasteiger partial charge < -0.3 is 99.5 Å². The van der Waals surface area contributed by atoms with Gasteiger partial charge in [-0.25, -0.2) is 0 Å². The smallest absolute Gasteiger partial charge is 0.104 e. The minimum Gasteiger partial charge on any atom is -0.380 e. The molecule has 0 aliphatic heterocycles. The molecule has 85 heavy (non-hydrogen) atoms. The van der Waals surface area contributed by atoms with Crippen molar-refractivity contribution < 1.29 is 99.5 Å². The van der Waals surface area contributed by atoms with E-state index in [9.17, 15) is 0 Å². The molecule has 0 amide bonds. The Hall–Kier alpha value is -0.840. The molecule has 0 rings (SSSR count). The number of ether oxygens (including phenoxy) is 21. The fraction of sp³-hybridized carbons (Fsp3) is 1.00. The monoisotopic (exact) mass is 1230 g/mol. The van der Waals surface area contributed by atoms with Crippen molar-refractivity contribution in [3.8, 4) is 0 Å². The first-order chi connectivity index (χ1) is 41.8. The van der Waals surface area contributed by atoms with Gasteiger partial charge in [0.2, 0.25) is 0 Å². The van der Waals surface area contributed by atoms with Gasteiger partial charge in [0, 0.05) is 63.7 Å². The molecule has 0 radical (unpaired) electrons. The Morgan fingerprint density at radius 1 is 0.176 bits per heavy atom. The maximum Gasteiger partial charge on any atom is 0.104 e. The van der Waals surface area contributed by atoms with Gasteiger partial charge in [0.05, 0.1) is 198 Å². The predicted molar refractivity (Wildman–Crippen MR) is 331 cm³/mol. The minimum atomic E-state index is -0.595. The molecule has 0 aromatic carbocycles. The molecule has 0 aromatic rings. The van der Waals surface area contributed by atoms with Crippen molar-refractivity contribution in [3.63, 3.8) is 0 Å². The van der Waals surface area contributed by atoms with E-state index in [2.05, 4.69) is 69.2 Å². The van der Waals surface area contributed by atoms with E-state index in [1.165, 1.54) is 0 Å². The van der Waals surface area contributed by atoms with Crippen molar-refractivity contribution in [2.45, 2.75) is 158 Å². The van der Waals surface area contributed by atoms with Gasteiger partial charge in [0.15, 0.2) is 0 Å². The summed E-state index contributed by atoms with van der Waals surface area (Å²) in [7, 11) is 0. The van der Waals surface area contributed by atoms with Crippen LogP contribution in [0.2, 0.25) is 0 Å². The molecule has 0 aliphatic carbocycles. The summed E-state index contributed by atoms with van der Waals surface area (Å²) in [6, 6.07) is 0. The van der Waals surface area contributed by atoms with Gasteiger partial charge in [-0.15, -0.1) is 0 Å². The third-order valence-corrected chi connectivity index (χ3v) is 13.0. The largest absolute Gasteiger partial charge is 0.380 e. The first kappa shape index (κ1) is 84.2. The van der Waals surface area contributed by atoms with E-state index in [1.54, 1.807) is 0 Å². The van der Waals surface area contributed by atoms with Gasteiger partial charge in [-0.05, 0) is 64.2 Å². The van der Waals surface area contributed by atoms with Crippen LogP contribution in [0.3, 0.4) is 0 Å². The average Bonchev–Trinajstić information content (AvgIpc) is 3.54. The summed E-state index contributed by atoms with van der Waals surface area (Å²) in [6.45, 7) is 38.3. The summed E-state index contributed by atoms with van der Waals surface area (Å²) in [5.74, 6) is 0. The average molecular weight is 1240 g/mol. The second kappa shape index (κ2) is 66.1. The van der Waals surface area contributed by atoms with Crippen LogP contribution in [0.15, 0.2) is 0 Å². The maximum atomic E-state index is 6.97. The molecule has 4 atom stereocenters. The van der Waals surface area contributed by atoms with Crippen LogP contribution in [0.25, 0.3) is 0 Å². The standard InChI is InChI=1S/C64H130O21/c1-11-21-65-29-33-73-45-59(82-41-37-69-25-15-5)49-77-53-63(19-9,54-78-50-60(83-42-38-70-26-16-6)46-74-34-30-66-22-12-2)57-81-58-64(20-10,55-79-51-61(84-43-39-71-27-17-7)47-75-35-31-67-23-13-3)56-80-52-62(85-44-40-72-28-18-8)48-76-36-32-68-24-14-4/h59-62H,11-58H2,1-10H3. The van der Waals surface area contributed by atoms with Crippen molar-refractivity contribution in [1.29, 1.82) is 0 Å². The van der Waals surface area contributed by atoms with Crippen LogP contribution in [0.4, 0.5) is 0 Å². The fourth-order valence-electron chi connectivity index (χ4n) is 7.95. The van der Waals surface area contributed by atoms with Crippen LogP contribution in [0.5, 0.6) is 0 Å². The van der Waals surface area contributed by atoms with Crippen LogP contribution in [-0.4, -0.2) is 275 Å². The van der Waals surface area contributed by atoms with E-state index in [0.717, 1.165) is 51.4 Å². The molecule has 0 bridgehead atoms. The van der Waals surface area contributed by atoms with Crippen molar-refractivity contribution in [2.75, 3.05) is 251 Å². The second-order valence-corrected chi connectivity index (χ2v) is 21.4. The van der Waals surface area contributed by atoms with Gasteiger partial charge in [0.1, 0.15) is 24.4 Å². The van der Waals surface area contributed by atoms with Gasteiger partial charge >= 0.3 is 0 Å². The fourth-order valence-corrected chi connectivity index (χ4v) is 7.95. The molecule has 0 saturated carbocycles. The quantitative estimate of drug-likeness (QED) is 0.0524. The Labute approximate surface area is 517 Å². The van der Waals surface area contributed by atoms with Gasteiger partial charge in [-0.1, -0.05) is 69.2 Å². The van der Waals surface area contributed by atoms with Crippen molar-refractivity contribution in [1.82, 2.24) is 0 Å². The summed E-state index contributed by atoms with van der Waals surface area (Å²) >= 11 is 0. The number of rotatable bonds is 74. The Kier molecular flexibility index (Phi) is 65.4. The molecule has 21 nitrogen and oxygen atoms in total. The Morgan fingerprint density at radius 2 is 0.341 bits per heavy atom. The lowest BCUT2D eigenvalue weighted by molar-refractivity contribution is -0.144. The summed E-state index contributed by atoms with van der Waals surface area (Å²) in [5, 5.41) is 0. The third kappa shape index (κ3) is 53.5. The summed E-state index contributed by atoms with van der Waals surface area (Å²) in [5.41, 5.74) is -1.19. The lowest BCUT2D eigenvalue weighted by Crippen LogP contribution is -2.43. The van der Waals surface area contributed by atoms with E-state index in [4.69, 9.17) is 99.5 Å². The van der Waals surface area contributed by atoms with Crippen LogP contribution < -0.4 is 0 Å². The van der Waals surface area contributed by atoms with Gasteiger partial charge in [-0.3, -0.25) is 0 Å². The maximum absolute atomic E-state index is 6.97. The molecule has 0 saturated heterocycles. The highest BCUT2D eigenvalue weighted by Gasteiger charge is 2.35. The second-order valence-electron chi connectivity index (χ2n) is 21.4. The molecule has 512 valence electrons. The molecular formula is C64H130O21. The lowest BCUT2D eigenvalue weighted by atomic mass is 9.86. The lowest BCUT2D eigenvalue weighted by Gasteiger charge is -2.37. The molecule has 0 fully saturated rings. The van der Waals surface area contributed by atoms with Crippen LogP contribution in [0, 0.1) is 10.8 Å². The van der Waals surface area contributed by atoms with Crippen molar-refractivity contribution in [3.05, 3.63) is 0 Å². The molecule has 4 unspecified atom stereocenters. The summed E-state index contributed by atoms with van der Waals surface area (Å²) in [6.07, 6.45) is 7.53. The summed E-state index contributed by atoms with van der Waals surface area (Å²) in [4.78, 5) is 0. The van der Waals surface area contributed by atoms with E-state index < -0.39 is 10.8 Å². The predicted octanol–water partition coefficient (Wildman–Crippen LogP) is 8.88. The van der Waals surface area contributed by atoms with E-state index in [-0.39, 0.29) is 50.8 Å². The van der Waals surface area contributed by atoms with E-state index in [0.29, 0.717) is 237 Å². The highest BCUT2D eigenvalue weighted by Crippen LogP contribution is 2.29. The zero-order chi connectivity index (χ0) is 62.1. The zero-order valence-electron chi connectivity index (χ0n) is 55.8. The van der Waals surface area contributed by atoms with Gasteiger partial charge in [0.25, 0.3) is 0 Å². The van der Waals surface area contributed by atoms with Crippen LogP contribution in [0.1, 0.15) is 133 Å². The molecule has 0 heterocycles. The zero-order valence-corrected chi connectivity index (χ0v) is 55.8. The molecule has 0 aliphatic rings. The Bertz CT molecular complexity index is 1110. The molecular weight excluding hydrogens is 1100 g/mol. The van der Waals surface area contributed by atoms with Crippen LogP contribution >= 0.6 is 0 Å². The SMILES string of the molecule is CCCOCCOCC(COCC(CC)(COCC(COCCOCCC)OCCOCCC)COCC(CC)(COCC(COCCOCCC)OCCOCCC)COCC(COCCOCCC)OCCOCCC)OCCOCCC. The highest BCUT2D eigenvalue weighted by atomic mass is 16.6. The van der Waals surface area contributed by atoms with E-state index >= 15 is 0 Å². The number of hydrogen-bond acceptors (Lipinski definition) is 21. The first-order valence-corrected chi connectivity index (χ1v) is 33.1. The van der Waals surface area contributed by atoms with E-state index in [1.807, 2.05) is 0 Å². The highest BCUT2D eigenvalue weighted by molar-refractivity contribution is 4.82. The van der Waals surface area contributed by atoms with Crippen molar-refractivity contribution >= 4 is 0 Å². The first-order valence-electron chi connectivity index (χ1n) is 33.1. The number of hydrogen-bond donors (Lipinski definition) is 0. The normalized spacial score (nSPS) is 14.9. The molecule has 21 heteroatoms. The molecule has 0 N–H and O–H groups in total.